The van der Waals surface area contributed by atoms with Crippen LogP contribution in [0.1, 0.15) is 16.7 Å². The third kappa shape index (κ3) is 3.20. The molecule has 2 aromatic rings. The van der Waals surface area contributed by atoms with Gasteiger partial charge in [0, 0.05) is 12.7 Å². The molecule has 1 aromatic carbocycles. The number of hydrogen-bond donors (Lipinski definition) is 2. The molecule has 0 radical (unpaired) electrons. The van der Waals surface area contributed by atoms with E-state index >= 15 is 0 Å². The molecule has 0 aliphatic carbocycles. The normalized spacial score (nSPS) is 11.4. The van der Waals surface area contributed by atoms with Gasteiger partial charge < -0.3 is 11.1 Å². The Morgan fingerprint density at radius 2 is 2.00 bits per heavy atom. The molecule has 20 heavy (non-hydrogen) atoms. The van der Waals surface area contributed by atoms with Gasteiger partial charge in [-0.25, -0.2) is 4.98 Å². The van der Waals surface area contributed by atoms with Gasteiger partial charge in [0.1, 0.15) is 5.82 Å². The Morgan fingerprint density at radius 1 is 1.25 bits per heavy atom. The van der Waals surface area contributed by atoms with E-state index in [2.05, 4.69) is 10.3 Å². The zero-order chi connectivity index (χ0) is 14.8. The van der Waals surface area contributed by atoms with Gasteiger partial charge in [-0.2, -0.15) is 13.2 Å². The molecule has 1 aromatic heterocycles. The molecule has 0 saturated heterocycles. The second-order valence-corrected chi connectivity index (χ2v) is 4.44. The number of nitrogens with zero attached hydrogens (tertiary/aromatic N) is 1. The van der Waals surface area contributed by atoms with E-state index in [9.17, 15) is 13.2 Å². The molecule has 0 fully saturated rings. The highest BCUT2D eigenvalue weighted by Gasteiger charge is 2.30. The van der Waals surface area contributed by atoms with Gasteiger partial charge >= 0.3 is 6.18 Å². The minimum Gasteiger partial charge on any atom is -0.396 e. The molecule has 2 rings (SSSR count). The summed E-state index contributed by atoms with van der Waals surface area (Å²) in [6, 6.07) is 6.92. The second-order valence-electron chi connectivity index (χ2n) is 4.44. The van der Waals surface area contributed by atoms with Gasteiger partial charge in [-0.15, -0.1) is 0 Å². The van der Waals surface area contributed by atoms with Crippen LogP contribution in [-0.4, -0.2) is 4.98 Å². The summed E-state index contributed by atoms with van der Waals surface area (Å²) in [6.45, 7) is 2.07. The summed E-state index contributed by atoms with van der Waals surface area (Å²) in [7, 11) is 0. The summed E-state index contributed by atoms with van der Waals surface area (Å²) in [5.74, 6) is 0.474. The molecule has 0 bridgehead atoms. The van der Waals surface area contributed by atoms with Gasteiger partial charge in [-0.1, -0.05) is 12.1 Å². The van der Waals surface area contributed by atoms with Gasteiger partial charge in [-0.05, 0) is 36.2 Å². The summed E-state index contributed by atoms with van der Waals surface area (Å²) in [4.78, 5) is 4.07. The maximum absolute atomic E-state index is 12.6. The maximum atomic E-state index is 12.6. The van der Waals surface area contributed by atoms with Crippen LogP contribution in [0.2, 0.25) is 0 Å². The molecule has 1 heterocycles. The average Bonchev–Trinajstić information content (AvgIpc) is 2.40. The quantitative estimate of drug-likeness (QED) is 0.903. The Labute approximate surface area is 114 Å². The van der Waals surface area contributed by atoms with Crippen LogP contribution < -0.4 is 11.1 Å². The Bertz CT molecular complexity index is 609. The molecule has 106 valence electrons. The van der Waals surface area contributed by atoms with Crippen molar-refractivity contribution < 1.29 is 13.2 Å². The standard InChI is InChI=1S/C14H14F3N3/c1-9-5-6-19-13(12(9)18)20-8-10-3-2-4-11(7-10)14(15,16)17/h2-7H,8,18H2,1H3,(H,19,20). The van der Waals surface area contributed by atoms with Gasteiger partial charge in [0.2, 0.25) is 0 Å². The molecule has 6 heteroatoms. The van der Waals surface area contributed by atoms with E-state index in [4.69, 9.17) is 5.73 Å². The van der Waals surface area contributed by atoms with Crippen molar-refractivity contribution in [1.82, 2.24) is 4.98 Å². The molecule has 0 saturated carbocycles. The topological polar surface area (TPSA) is 50.9 Å². The molecular weight excluding hydrogens is 267 g/mol. The van der Waals surface area contributed by atoms with E-state index in [1.165, 1.54) is 6.07 Å². The van der Waals surface area contributed by atoms with E-state index < -0.39 is 11.7 Å². The van der Waals surface area contributed by atoms with E-state index in [0.717, 1.165) is 17.7 Å². The van der Waals surface area contributed by atoms with Crippen LogP contribution in [0.25, 0.3) is 0 Å². The first-order valence-corrected chi connectivity index (χ1v) is 5.99. The Kier molecular flexibility index (Phi) is 3.83. The first-order valence-electron chi connectivity index (χ1n) is 5.99. The van der Waals surface area contributed by atoms with Gasteiger partial charge in [0.15, 0.2) is 0 Å². The number of nitrogens with one attached hydrogen (secondary N) is 1. The summed E-state index contributed by atoms with van der Waals surface area (Å²) in [5, 5.41) is 2.95. The van der Waals surface area contributed by atoms with E-state index in [1.807, 2.05) is 6.92 Å². The summed E-state index contributed by atoms with van der Waals surface area (Å²) in [5.41, 5.74) is 7.06. The van der Waals surface area contributed by atoms with E-state index in [1.54, 1.807) is 18.3 Å². The van der Waals surface area contributed by atoms with Gasteiger partial charge in [0.25, 0.3) is 0 Å². The highest BCUT2D eigenvalue weighted by Crippen LogP contribution is 2.29. The molecule has 0 aliphatic heterocycles. The number of anilines is 2. The van der Waals surface area contributed by atoms with Crippen molar-refractivity contribution in [2.45, 2.75) is 19.6 Å². The largest absolute Gasteiger partial charge is 0.416 e. The average molecular weight is 281 g/mol. The summed E-state index contributed by atoms with van der Waals surface area (Å²) >= 11 is 0. The predicted molar refractivity (Wildman–Crippen MR) is 72.2 cm³/mol. The monoisotopic (exact) mass is 281 g/mol. The Balaban J connectivity index is 2.13. The second kappa shape index (κ2) is 5.40. The third-order valence-corrected chi connectivity index (χ3v) is 2.92. The number of benzene rings is 1. The molecule has 3 N–H and O–H groups in total. The fourth-order valence-electron chi connectivity index (χ4n) is 1.75. The summed E-state index contributed by atoms with van der Waals surface area (Å²) in [6.07, 6.45) is -2.74. The molecule has 0 spiro atoms. The fourth-order valence-corrected chi connectivity index (χ4v) is 1.75. The van der Waals surface area contributed by atoms with Crippen LogP contribution >= 0.6 is 0 Å². The molecule has 0 amide bonds. The van der Waals surface area contributed by atoms with Crippen molar-refractivity contribution in [2.24, 2.45) is 0 Å². The lowest BCUT2D eigenvalue weighted by atomic mass is 10.1. The van der Waals surface area contributed by atoms with Crippen molar-refractivity contribution in [2.75, 3.05) is 11.1 Å². The predicted octanol–water partition coefficient (Wildman–Crippen LogP) is 3.60. The third-order valence-electron chi connectivity index (χ3n) is 2.92. The minimum absolute atomic E-state index is 0.227. The van der Waals surface area contributed by atoms with Crippen LogP contribution in [0.15, 0.2) is 36.5 Å². The van der Waals surface area contributed by atoms with Crippen LogP contribution in [0, 0.1) is 6.92 Å². The van der Waals surface area contributed by atoms with Crippen LogP contribution in [0.3, 0.4) is 0 Å². The zero-order valence-corrected chi connectivity index (χ0v) is 10.8. The first-order chi connectivity index (χ1) is 9.38. The molecule has 0 unspecified atom stereocenters. The van der Waals surface area contributed by atoms with Crippen molar-refractivity contribution in [3.63, 3.8) is 0 Å². The Hall–Kier alpha value is -2.24. The number of aryl methyl sites for hydroxylation is 1. The minimum atomic E-state index is -4.34. The molecular formula is C14H14F3N3. The number of rotatable bonds is 3. The van der Waals surface area contributed by atoms with E-state index in [-0.39, 0.29) is 6.54 Å². The first kappa shape index (κ1) is 14.2. The highest BCUT2D eigenvalue weighted by atomic mass is 19.4. The highest BCUT2D eigenvalue weighted by molar-refractivity contribution is 5.64. The van der Waals surface area contributed by atoms with E-state index in [0.29, 0.717) is 17.1 Å². The SMILES string of the molecule is Cc1ccnc(NCc2cccc(C(F)(F)F)c2)c1N. The van der Waals surface area contributed by atoms with Crippen molar-refractivity contribution in [3.05, 3.63) is 53.2 Å². The lowest BCUT2D eigenvalue weighted by Gasteiger charge is -2.11. The molecule has 0 aliphatic rings. The smallest absolute Gasteiger partial charge is 0.396 e. The van der Waals surface area contributed by atoms with Gasteiger partial charge in [-0.3, -0.25) is 0 Å². The number of alkyl halides is 3. The Morgan fingerprint density at radius 3 is 2.70 bits per heavy atom. The fraction of sp³-hybridized carbons (Fsp3) is 0.214. The summed E-state index contributed by atoms with van der Waals surface area (Å²) < 4.78 is 37.8. The lowest BCUT2D eigenvalue weighted by Crippen LogP contribution is -2.08. The van der Waals surface area contributed by atoms with Crippen LogP contribution in [0.4, 0.5) is 24.7 Å². The van der Waals surface area contributed by atoms with Crippen LogP contribution in [-0.2, 0) is 12.7 Å². The molecule has 0 atom stereocenters. The van der Waals surface area contributed by atoms with Crippen molar-refractivity contribution >= 4 is 11.5 Å². The number of aromatic nitrogens is 1. The number of nitrogens with two attached hydrogens (primary N) is 1. The number of hydrogen-bond acceptors (Lipinski definition) is 3. The lowest BCUT2D eigenvalue weighted by molar-refractivity contribution is -0.137. The zero-order valence-electron chi connectivity index (χ0n) is 10.8. The van der Waals surface area contributed by atoms with Crippen LogP contribution in [0.5, 0.6) is 0 Å². The molecule has 3 nitrogen and oxygen atoms in total. The number of nitrogen functional groups attached to an aromatic ring is 1. The maximum Gasteiger partial charge on any atom is 0.416 e. The number of pyridine rings is 1. The van der Waals surface area contributed by atoms with Gasteiger partial charge in [0.05, 0.1) is 11.3 Å². The van der Waals surface area contributed by atoms with Crippen molar-refractivity contribution in [1.29, 1.82) is 0 Å². The number of halogens is 3. The van der Waals surface area contributed by atoms with Crippen molar-refractivity contribution in [3.8, 4) is 0 Å².